The molecule has 3 saturated heterocycles. The van der Waals surface area contributed by atoms with Crippen LogP contribution in [0.4, 0.5) is 4.79 Å². The highest BCUT2D eigenvalue weighted by molar-refractivity contribution is 8.23. The fourth-order valence-corrected chi connectivity index (χ4v) is 18.3. The van der Waals surface area contributed by atoms with Gasteiger partial charge < -0.3 is 118 Å². The van der Waals surface area contributed by atoms with E-state index in [0.717, 1.165) is 36.6 Å². The summed E-state index contributed by atoms with van der Waals surface area (Å²) in [6.07, 6.45) is 17.6. The monoisotopic (exact) mass is 2210 g/mol. The topological polar surface area (TPSA) is 602 Å². The molecule has 6 heterocycles. The van der Waals surface area contributed by atoms with E-state index in [4.69, 9.17) is 130 Å². The second-order valence-corrected chi connectivity index (χ2v) is 37.7. The number of aliphatic hydroxyl groups excluding tert-OH is 2. The van der Waals surface area contributed by atoms with E-state index in [9.17, 15) is 107 Å². The van der Waals surface area contributed by atoms with Gasteiger partial charge in [-0.15, -0.1) is 0 Å². The Bertz CT molecular complexity index is 5920. The Labute approximate surface area is 878 Å². The average molecular weight is 2220 g/mol. The first-order chi connectivity index (χ1) is 68.6. The van der Waals surface area contributed by atoms with Crippen LogP contribution in [-0.4, -0.2) is 222 Å². The number of thiocarbonyl (C=S) groups is 1. The molecule has 51 heteroatoms. The molecule has 4 aliphatic rings. The van der Waals surface area contributed by atoms with Gasteiger partial charge in [0.2, 0.25) is 41.4 Å². The van der Waals surface area contributed by atoms with Crippen molar-refractivity contribution in [3.63, 3.8) is 0 Å². The standard InChI is InChI=1S/C25H25Cl2N3O6.C24H26Cl3N3O6.C22H20Cl2N4O7S.C22H20Cl2N4O6S2/c26-18-11-15(13-28-21(31)9-8-17-7-4-10-36-17)12-19(27)22(18)24(33)30-20(25(34)35)14-29-23(32)16-5-2-1-3-6-16;25-14-3-1-2-12(6-14)4-5-20(32)13-7-16(26)21(17(27)8-13)23(34)30-19(24(35)36)11-29-22(33)18-9-15(31)10-28-18;23-13-6-11(8-25-17(29)4-3-12-2-1-5-35-12)7-14(24)18(13)20(31)27-15(21(32)33)9-26-19(30)16-10-36-22(34)28-16;23-13-6-11(8-25-17(29)4-3-12-2-1-5-34-12)7-14(24)18(13)20(31)27-15(21(32)33)9-26-19(30)16-10-36-22(35)28-16/h4-5,7-12,20H,1-3,6,13-14H2,(H,28,31)(H,29,32)(H,30,33)(H,34,35);1-3,6-8,15,18-20,28,31-32H,4-5,9-11H2,(H,29,33)(H,30,34)(H,35,36);1-7,15-16H,8-10H2,(H,25,29)(H,26,30)(H,27,31)(H,28,34)(H,32,33);1-7,15-16H,8-10H2,(H,25,29)(H,26,30)(H,27,31)(H,28,35)(H,32,33)/b9-8+;;2*4-3+/t20-;15-,18-,19+,20?;2*15-,16-/m0100/s1. The van der Waals surface area contributed by atoms with Crippen molar-refractivity contribution in [2.45, 2.75) is 119 Å². The first kappa shape index (κ1) is 115. The molecule has 8 aromatic rings. The number of furan rings is 3. The summed E-state index contributed by atoms with van der Waals surface area (Å²) in [4.78, 5) is 193. The number of aliphatic carboxylic acids is 4. The number of carbonyl (C=O) groups is 16. The third-order valence-corrected chi connectivity index (χ3v) is 25.6. The lowest BCUT2D eigenvalue weighted by Gasteiger charge is -2.19. The molecule has 3 aliphatic heterocycles. The van der Waals surface area contributed by atoms with E-state index in [2.05, 4.69) is 74.4 Å². The number of β-amino-alcohol motifs (C(OH)–C–C–N with tert-alkyl or cyclic N) is 1. The van der Waals surface area contributed by atoms with E-state index in [1.807, 2.05) is 18.2 Å². The highest BCUT2D eigenvalue weighted by atomic mass is 35.5. The van der Waals surface area contributed by atoms with Gasteiger partial charge in [0, 0.05) is 92.7 Å². The summed E-state index contributed by atoms with van der Waals surface area (Å²) < 4.78 is 15.8. The van der Waals surface area contributed by atoms with Crippen molar-refractivity contribution >= 4 is 257 Å². The van der Waals surface area contributed by atoms with Gasteiger partial charge in [0.15, 0.2) is 0 Å². The Morgan fingerprint density at radius 1 is 0.438 bits per heavy atom. The molecule has 0 bridgehead atoms. The normalized spacial score (nSPS) is 16.2. The number of nitrogens with one attached hydrogen (secondary N) is 14. The molecule has 9 atom stereocenters. The molecule has 764 valence electrons. The van der Waals surface area contributed by atoms with E-state index in [-0.39, 0.29) is 143 Å². The van der Waals surface area contributed by atoms with Gasteiger partial charge in [0.1, 0.15) is 57.9 Å². The second-order valence-electron chi connectivity index (χ2n) is 31.4. The molecule has 12 amide bonds. The molecule has 12 rings (SSSR count). The number of carboxylic acid groups (broad SMARTS) is 4. The van der Waals surface area contributed by atoms with Crippen molar-refractivity contribution in [2.75, 3.05) is 44.2 Å². The van der Waals surface area contributed by atoms with Crippen LogP contribution in [0.2, 0.25) is 45.2 Å². The summed E-state index contributed by atoms with van der Waals surface area (Å²) in [5.41, 5.74) is 2.94. The van der Waals surface area contributed by atoms with Crippen LogP contribution in [0.15, 0.2) is 171 Å². The predicted molar refractivity (Wildman–Crippen MR) is 543 cm³/mol. The zero-order chi connectivity index (χ0) is 105. The highest BCUT2D eigenvalue weighted by Crippen LogP contribution is 2.34. The number of rotatable bonds is 40. The highest BCUT2D eigenvalue weighted by Gasteiger charge is 2.36. The molecule has 0 spiro atoms. The Morgan fingerprint density at radius 2 is 0.806 bits per heavy atom. The molecule has 1 aliphatic carbocycles. The van der Waals surface area contributed by atoms with Crippen molar-refractivity contribution in [1.82, 2.24) is 74.4 Å². The molecule has 3 aromatic heterocycles. The predicted octanol–water partition coefficient (Wildman–Crippen LogP) is 10.3. The van der Waals surface area contributed by atoms with Crippen LogP contribution >= 0.6 is 140 Å². The Morgan fingerprint density at radius 3 is 1.12 bits per heavy atom. The Kier molecular flexibility index (Phi) is 45.8. The molecule has 39 nitrogen and oxygen atoms in total. The molecule has 0 saturated carbocycles. The fraction of sp³-hybridized carbons (Fsp3) is 0.280. The number of hydrogen-bond donors (Lipinski definition) is 20. The lowest BCUT2D eigenvalue weighted by molar-refractivity contribution is -0.140. The van der Waals surface area contributed by atoms with Gasteiger partial charge >= 0.3 is 23.9 Å². The third-order valence-electron chi connectivity index (χ3n) is 20.8. The van der Waals surface area contributed by atoms with Gasteiger partial charge in [-0.05, 0) is 188 Å². The number of aryl methyl sites for hydroxylation is 1. The first-order valence-electron chi connectivity index (χ1n) is 43.1. The quantitative estimate of drug-likeness (QED) is 0.0125. The van der Waals surface area contributed by atoms with Gasteiger partial charge in [-0.25, -0.2) is 19.2 Å². The smallest absolute Gasteiger partial charge is 0.328 e. The molecule has 0 radical (unpaired) electrons. The Hall–Kier alpha value is -12.5. The zero-order valence-electron chi connectivity index (χ0n) is 74.9. The number of allylic oxidation sites excluding steroid dienone is 1. The maximum Gasteiger partial charge on any atom is 0.328 e. The molecule has 144 heavy (non-hydrogen) atoms. The van der Waals surface area contributed by atoms with Crippen molar-refractivity contribution in [3.8, 4) is 0 Å². The number of halogens is 9. The fourth-order valence-electron chi connectivity index (χ4n) is 13.4. The number of benzene rings is 5. The van der Waals surface area contributed by atoms with Crippen LogP contribution in [0, 0.1) is 0 Å². The molecule has 5 aromatic carbocycles. The van der Waals surface area contributed by atoms with Crippen molar-refractivity contribution in [2.24, 2.45) is 0 Å². The number of thioether (sulfide) groups is 2. The lowest BCUT2D eigenvalue weighted by atomic mass is 9.99. The summed E-state index contributed by atoms with van der Waals surface area (Å²) in [6, 6.07) is 21.0. The van der Waals surface area contributed by atoms with Gasteiger partial charge in [0.25, 0.3) is 28.9 Å². The zero-order valence-corrected chi connectivity index (χ0v) is 84.2. The van der Waals surface area contributed by atoms with Crippen LogP contribution in [0.1, 0.15) is 131 Å². The van der Waals surface area contributed by atoms with Crippen LogP contribution in [0.3, 0.4) is 0 Å². The van der Waals surface area contributed by atoms with E-state index in [1.165, 1.54) is 116 Å². The maximum atomic E-state index is 12.8. The van der Waals surface area contributed by atoms with Crippen LogP contribution in [0.25, 0.3) is 18.2 Å². The van der Waals surface area contributed by atoms with Crippen molar-refractivity contribution in [1.29, 1.82) is 0 Å². The SMILES string of the molecule is O=C(/C=C/c1ccco1)NCc1cc(Cl)c(C(=O)N[C@@H](CNC(=O)C2=CCCCC2)C(=O)O)c(Cl)c1.O=C(/C=C/c1ccco1)NCc1cc(Cl)c(C(=O)N[C@@H](CNC(=O)[C@@H]2CSC(=O)N2)C(=O)O)c(Cl)c1.O=C(/C=C/c1ccco1)NCc1cc(Cl)c(C(=O)N[C@@H](CNC(=O)[C@@H]2CSC(=S)N2)C(=O)O)c(Cl)c1.O=C(N[C@@H](CNC(=O)[C@H]1C[C@@H](O)CN1)C(=O)O)c1c(Cl)cc(C(O)CCc2cccc(Cl)c2)cc1Cl. The van der Waals surface area contributed by atoms with E-state index < -0.39 is 132 Å². The summed E-state index contributed by atoms with van der Waals surface area (Å²) in [6.45, 7) is -0.998. The minimum Gasteiger partial charge on any atom is -0.480 e. The maximum absolute atomic E-state index is 12.8. The second kappa shape index (κ2) is 57.3. The Balaban J connectivity index is 0.000000214. The van der Waals surface area contributed by atoms with Gasteiger partial charge in [0.05, 0.1) is 99.5 Å². The van der Waals surface area contributed by atoms with Gasteiger partial charge in [-0.3, -0.25) is 57.5 Å². The van der Waals surface area contributed by atoms with E-state index in [1.54, 1.807) is 48.5 Å². The number of carbonyl (C=O) groups excluding carboxylic acids is 12. The van der Waals surface area contributed by atoms with E-state index in [0.29, 0.717) is 79.5 Å². The van der Waals surface area contributed by atoms with Crippen LogP contribution in [0.5, 0.6) is 0 Å². The summed E-state index contributed by atoms with van der Waals surface area (Å²) >= 11 is 63.2. The number of amides is 12. The molecule has 3 fully saturated rings. The summed E-state index contributed by atoms with van der Waals surface area (Å²) in [7, 11) is 0. The minimum atomic E-state index is -1.49. The van der Waals surface area contributed by atoms with Crippen LogP contribution < -0.4 is 74.4 Å². The molecule has 20 N–H and O–H groups in total. The number of aliphatic hydroxyl groups is 2. The molecular formula is C93H91Cl9N14O25S3. The number of carboxylic acids is 4. The first-order valence-corrected chi connectivity index (χ1v) is 48.9. The summed E-state index contributed by atoms with van der Waals surface area (Å²) in [5, 5.41) is 93.0. The minimum absolute atomic E-state index is 0.0177. The number of hydrogen-bond acceptors (Lipinski definition) is 25. The lowest BCUT2D eigenvalue weighted by Crippen LogP contribution is -2.51. The molecular weight excluding hydrogens is 2130 g/mol. The van der Waals surface area contributed by atoms with Gasteiger partial charge in [-0.2, -0.15) is 0 Å². The van der Waals surface area contributed by atoms with Crippen molar-refractivity contribution < 1.29 is 121 Å². The van der Waals surface area contributed by atoms with Gasteiger partial charge in [-0.1, -0.05) is 158 Å². The molecule has 1 unspecified atom stereocenters. The summed E-state index contributed by atoms with van der Waals surface area (Å²) in [5.74, 6) is -9.64. The van der Waals surface area contributed by atoms with Crippen LogP contribution in [-0.2, 0) is 78.8 Å². The van der Waals surface area contributed by atoms with E-state index >= 15 is 0 Å². The average Bonchev–Trinajstić information content (AvgIpc) is 1.28. The largest absolute Gasteiger partial charge is 0.480 e. The third kappa shape index (κ3) is 37.0. The van der Waals surface area contributed by atoms with Crippen molar-refractivity contribution in [3.05, 3.63) is 270 Å².